The number of amides is 1. The number of imidazole rings is 1. The highest BCUT2D eigenvalue weighted by Gasteiger charge is 2.45. The average molecular weight is 502 g/mol. The van der Waals surface area contributed by atoms with Gasteiger partial charge in [0.25, 0.3) is 11.5 Å². The molecule has 2 N–H and O–H groups in total. The summed E-state index contributed by atoms with van der Waals surface area (Å²) in [5, 5.41) is 6.36. The van der Waals surface area contributed by atoms with Crippen molar-refractivity contribution < 1.29 is 9.63 Å². The molecular formula is C22H28ClN7O3Si. The number of anilines is 2. The Morgan fingerprint density at radius 2 is 1.94 bits per heavy atom. The number of rotatable bonds is 6. The molecule has 1 aliphatic carbocycles. The number of nitrogens with one attached hydrogen (secondary N) is 2. The minimum atomic E-state index is -1.28. The third kappa shape index (κ3) is 3.96. The molecule has 180 valence electrons. The number of aromatic nitrogens is 5. The minimum absolute atomic E-state index is 0.215. The molecule has 0 saturated heterocycles. The molecule has 2 aliphatic rings. The maximum Gasteiger partial charge on any atom is 0.276 e. The first-order chi connectivity index (χ1) is 16.2. The monoisotopic (exact) mass is 501 g/mol. The SMILES string of the molecule is C[Si](C)(C)CCOn1cnc2ncnc(Nc3cc(Cl)c4n(c3=O)C3(CCCCC3)NC4=O)c21. The maximum atomic E-state index is 13.6. The number of nitrogens with zero attached hydrogens (tertiary/aromatic N) is 5. The lowest BCUT2D eigenvalue weighted by atomic mass is 9.89. The van der Waals surface area contributed by atoms with E-state index in [0.29, 0.717) is 36.4 Å². The molecule has 1 fully saturated rings. The van der Waals surface area contributed by atoms with E-state index in [1.165, 1.54) is 17.1 Å². The Labute approximate surface area is 202 Å². The largest absolute Gasteiger partial charge is 0.412 e. The molecule has 4 heterocycles. The van der Waals surface area contributed by atoms with Gasteiger partial charge in [0.1, 0.15) is 36.3 Å². The molecule has 0 bridgehead atoms. The lowest BCUT2D eigenvalue weighted by Crippen LogP contribution is -2.48. The van der Waals surface area contributed by atoms with Gasteiger partial charge in [0.15, 0.2) is 17.0 Å². The molecule has 0 atom stereocenters. The van der Waals surface area contributed by atoms with E-state index in [4.69, 9.17) is 16.4 Å². The van der Waals surface area contributed by atoms with E-state index in [1.807, 2.05) is 0 Å². The fourth-order valence-corrected chi connectivity index (χ4v) is 5.69. The number of carbonyl (C=O) groups excluding carboxylic acids is 1. The molecule has 1 amide bonds. The highest BCUT2D eigenvalue weighted by Crippen LogP contribution is 2.38. The van der Waals surface area contributed by atoms with Crippen molar-refractivity contribution in [1.82, 2.24) is 29.6 Å². The van der Waals surface area contributed by atoms with Crippen molar-refractivity contribution in [2.75, 3.05) is 11.9 Å². The smallest absolute Gasteiger partial charge is 0.276 e. The molecule has 0 radical (unpaired) electrons. The molecule has 3 aromatic heterocycles. The summed E-state index contributed by atoms with van der Waals surface area (Å²) in [6.07, 6.45) is 7.26. The lowest BCUT2D eigenvalue weighted by molar-refractivity contribution is 0.0877. The molecule has 3 aromatic rings. The van der Waals surface area contributed by atoms with Gasteiger partial charge in [0, 0.05) is 8.07 Å². The Hall–Kier alpha value is -2.92. The molecule has 12 heteroatoms. The molecule has 10 nitrogen and oxygen atoms in total. The van der Waals surface area contributed by atoms with Crippen LogP contribution in [0.3, 0.4) is 0 Å². The highest BCUT2D eigenvalue weighted by molar-refractivity contribution is 6.76. The second-order valence-corrected chi connectivity index (χ2v) is 16.2. The van der Waals surface area contributed by atoms with Gasteiger partial charge in [-0.2, -0.15) is 4.73 Å². The van der Waals surface area contributed by atoms with Crippen LogP contribution >= 0.6 is 11.6 Å². The topological polar surface area (TPSA) is 116 Å². The zero-order valence-corrected chi connectivity index (χ0v) is 21.3. The molecule has 5 rings (SSSR count). The van der Waals surface area contributed by atoms with Crippen LogP contribution in [0.1, 0.15) is 42.6 Å². The van der Waals surface area contributed by atoms with Gasteiger partial charge in [-0.1, -0.05) is 37.7 Å². The van der Waals surface area contributed by atoms with Crippen molar-refractivity contribution in [2.45, 2.75) is 63.5 Å². The van der Waals surface area contributed by atoms with Crippen molar-refractivity contribution in [3.05, 3.63) is 39.8 Å². The standard InChI is InChI=1S/C22H28ClN7O3Si/c1-34(2,3)10-9-33-29-13-26-18-17(29)19(25-12-24-18)27-15-11-14(23)16-20(31)28-22(30(16)21(15)32)7-5-4-6-8-22/h11-13H,4-10H2,1-3H3,(H,28,31)(H,24,25,27). The molecule has 34 heavy (non-hydrogen) atoms. The van der Waals surface area contributed by atoms with Crippen molar-refractivity contribution in [2.24, 2.45) is 0 Å². The molecular weight excluding hydrogens is 474 g/mol. The van der Waals surface area contributed by atoms with Crippen LogP contribution in [0, 0.1) is 0 Å². The predicted octanol–water partition coefficient (Wildman–Crippen LogP) is 3.51. The van der Waals surface area contributed by atoms with Gasteiger partial charge < -0.3 is 15.5 Å². The summed E-state index contributed by atoms with van der Waals surface area (Å²) < 4.78 is 3.08. The first-order valence-electron chi connectivity index (χ1n) is 11.6. The zero-order chi connectivity index (χ0) is 24.1. The van der Waals surface area contributed by atoms with Gasteiger partial charge >= 0.3 is 0 Å². The number of pyridine rings is 1. The minimum Gasteiger partial charge on any atom is -0.412 e. The summed E-state index contributed by atoms with van der Waals surface area (Å²) in [6, 6.07) is 2.46. The molecule has 0 aromatic carbocycles. The van der Waals surface area contributed by atoms with Gasteiger partial charge in [-0.05, 0) is 37.8 Å². The van der Waals surface area contributed by atoms with E-state index in [2.05, 4.69) is 45.2 Å². The van der Waals surface area contributed by atoms with E-state index < -0.39 is 13.7 Å². The Kier molecular flexibility index (Phi) is 5.63. The molecule has 1 spiro atoms. The molecule has 1 aliphatic heterocycles. The molecule has 1 saturated carbocycles. The summed E-state index contributed by atoms with van der Waals surface area (Å²) in [5.74, 6) is 0.0630. The van der Waals surface area contributed by atoms with Gasteiger partial charge in [0.2, 0.25) is 0 Å². The second-order valence-electron chi connectivity index (χ2n) is 10.2. The predicted molar refractivity (Wildman–Crippen MR) is 132 cm³/mol. The van der Waals surface area contributed by atoms with E-state index >= 15 is 0 Å². The van der Waals surface area contributed by atoms with Crippen LogP contribution in [0.4, 0.5) is 11.5 Å². The quantitative estimate of drug-likeness (QED) is 0.496. The Morgan fingerprint density at radius 1 is 1.18 bits per heavy atom. The van der Waals surface area contributed by atoms with E-state index in [9.17, 15) is 9.59 Å². The average Bonchev–Trinajstić information content (AvgIpc) is 3.31. The van der Waals surface area contributed by atoms with Crippen LogP contribution in [0.15, 0.2) is 23.5 Å². The first kappa shape index (κ1) is 22.8. The Morgan fingerprint density at radius 3 is 2.68 bits per heavy atom. The number of hydrogen-bond acceptors (Lipinski definition) is 7. The first-order valence-corrected chi connectivity index (χ1v) is 15.6. The summed E-state index contributed by atoms with van der Waals surface area (Å²) >= 11 is 6.52. The molecule has 0 unspecified atom stereocenters. The Bertz CT molecular complexity index is 1320. The fraction of sp³-hybridized carbons (Fsp3) is 0.500. The van der Waals surface area contributed by atoms with Crippen molar-refractivity contribution >= 4 is 48.3 Å². The third-order valence-electron chi connectivity index (χ3n) is 6.47. The van der Waals surface area contributed by atoms with Crippen LogP contribution in [0.5, 0.6) is 0 Å². The van der Waals surface area contributed by atoms with Crippen LogP contribution < -0.4 is 21.0 Å². The highest BCUT2D eigenvalue weighted by atomic mass is 35.5. The number of fused-ring (bicyclic) bond motifs is 3. The van der Waals surface area contributed by atoms with Crippen LogP contribution in [-0.4, -0.2) is 44.8 Å². The summed E-state index contributed by atoms with van der Waals surface area (Å²) in [4.78, 5) is 45.2. The Balaban J connectivity index is 1.54. The van der Waals surface area contributed by atoms with E-state index in [1.54, 1.807) is 10.9 Å². The number of halogens is 1. The van der Waals surface area contributed by atoms with Gasteiger partial charge in [-0.3, -0.25) is 14.2 Å². The van der Waals surface area contributed by atoms with Gasteiger partial charge in [0.05, 0.1) is 5.02 Å². The van der Waals surface area contributed by atoms with Crippen LogP contribution in [0.2, 0.25) is 30.7 Å². The lowest BCUT2D eigenvalue weighted by Gasteiger charge is -2.35. The van der Waals surface area contributed by atoms with Gasteiger partial charge in [-0.25, -0.2) is 15.0 Å². The van der Waals surface area contributed by atoms with Crippen molar-refractivity contribution in [1.29, 1.82) is 0 Å². The van der Waals surface area contributed by atoms with E-state index in [-0.39, 0.29) is 27.9 Å². The van der Waals surface area contributed by atoms with Crippen LogP contribution in [-0.2, 0) is 5.66 Å². The van der Waals surface area contributed by atoms with Gasteiger partial charge in [-0.15, -0.1) is 0 Å². The maximum absolute atomic E-state index is 13.6. The van der Waals surface area contributed by atoms with Crippen molar-refractivity contribution in [3.8, 4) is 0 Å². The zero-order valence-electron chi connectivity index (χ0n) is 19.5. The summed E-state index contributed by atoms with van der Waals surface area (Å²) in [7, 11) is -1.28. The third-order valence-corrected chi connectivity index (χ3v) is 8.46. The summed E-state index contributed by atoms with van der Waals surface area (Å²) in [6.45, 7) is 7.38. The second kappa shape index (κ2) is 8.38. The number of hydrogen-bond donors (Lipinski definition) is 2. The van der Waals surface area contributed by atoms with Crippen molar-refractivity contribution in [3.63, 3.8) is 0 Å². The number of carbonyl (C=O) groups is 1. The summed E-state index contributed by atoms with van der Waals surface area (Å²) in [5.41, 5.74) is 0.360. The van der Waals surface area contributed by atoms with E-state index in [0.717, 1.165) is 25.3 Å². The normalized spacial score (nSPS) is 17.1. The van der Waals surface area contributed by atoms with Crippen LogP contribution in [0.25, 0.3) is 11.2 Å². The fourth-order valence-electron chi connectivity index (χ4n) is 4.70.